The van der Waals surface area contributed by atoms with Crippen LogP contribution in [-0.2, 0) is 25.6 Å². The first kappa shape index (κ1) is 41.7. The Labute approximate surface area is 282 Å². The molecule has 16 heteroatoms. The Bertz CT molecular complexity index is 1650. The van der Waals surface area contributed by atoms with Crippen molar-refractivity contribution in [3.05, 3.63) is 70.5 Å². The molecule has 3 aromatic rings. The van der Waals surface area contributed by atoms with Crippen LogP contribution in [0.3, 0.4) is 0 Å². The van der Waals surface area contributed by atoms with Crippen LogP contribution in [0.15, 0.2) is 53.5 Å². The van der Waals surface area contributed by atoms with E-state index in [1.54, 1.807) is 60.1 Å². The van der Waals surface area contributed by atoms with Crippen molar-refractivity contribution in [2.75, 3.05) is 40.2 Å². The zero-order chi connectivity index (χ0) is 37.3. The summed E-state index contributed by atoms with van der Waals surface area (Å²) >= 11 is 0. The van der Waals surface area contributed by atoms with Crippen LogP contribution in [0.25, 0.3) is 10.9 Å². The fourth-order valence-electron chi connectivity index (χ4n) is 3.91. The molecule has 0 aliphatic heterocycles. The maximum atomic E-state index is 14.2. The number of anilines is 1. The minimum atomic E-state index is -2.79. The lowest BCUT2D eigenvalue weighted by Gasteiger charge is -2.21. The number of benzene rings is 1. The number of rotatable bonds is 11. The minimum absolute atomic E-state index is 0.0129. The number of carbonyl (C=O) groups excluding carboxylic acids is 4. The molecular weight excluding hydrogens is 651 g/mol. The van der Waals surface area contributed by atoms with E-state index < -0.39 is 36.6 Å². The summed E-state index contributed by atoms with van der Waals surface area (Å²) in [5, 5.41) is 3.03. The van der Waals surface area contributed by atoms with E-state index in [0.717, 1.165) is 35.8 Å². The minimum Gasteiger partial charge on any atom is -0.485 e. The van der Waals surface area contributed by atoms with Crippen LogP contribution in [0, 0.1) is 5.82 Å². The van der Waals surface area contributed by atoms with Gasteiger partial charge in [-0.1, -0.05) is 6.08 Å². The van der Waals surface area contributed by atoms with Crippen molar-refractivity contribution in [1.29, 1.82) is 0 Å². The van der Waals surface area contributed by atoms with Gasteiger partial charge in [-0.05, 0) is 64.0 Å². The summed E-state index contributed by atoms with van der Waals surface area (Å²) in [6, 6.07) is 6.85. The number of likely N-dealkylation sites (N-methyl/N-ethyl adjacent to an activating group) is 1. The second-order valence-electron chi connectivity index (χ2n) is 11.4. The average Bonchev–Trinajstić information content (AvgIpc) is 3.38. The highest BCUT2D eigenvalue weighted by molar-refractivity contribution is 5.95. The Morgan fingerprint density at radius 1 is 1.12 bits per heavy atom. The number of nitrogens with two attached hydrogens (primary N) is 1. The number of aromatic nitrogens is 2. The molecule has 13 nitrogen and oxygen atoms in total. The number of carbonyl (C=O) groups is 4. The summed E-state index contributed by atoms with van der Waals surface area (Å²) in [7, 11) is 6.24. The van der Waals surface area contributed by atoms with Gasteiger partial charge in [0.05, 0.1) is 19.3 Å². The van der Waals surface area contributed by atoms with Gasteiger partial charge in [-0.2, -0.15) is 0 Å². The number of nitrogens with zero attached hydrogens (tertiary/aromatic N) is 3. The van der Waals surface area contributed by atoms with E-state index in [1.807, 2.05) is 0 Å². The first-order chi connectivity index (χ1) is 22.9. The number of primary amides is 1. The molecule has 2 amide bonds. The van der Waals surface area contributed by atoms with Gasteiger partial charge in [0.2, 0.25) is 5.91 Å². The number of hydrogen-bond acceptors (Lipinski definition) is 9. The maximum absolute atomic E-state index is 14.2. The van der Waals surface area contributed by atoms with Crippen molar-refractivity contribution in [2.24, 2.45) is 5.73 Å². The van der Waals surface area contributed by atoms with Gasteiger partial charge in [0, 0.05) is 45.2 Å². The Morgan fingerprint density at radius 2 is 1.78 bits per heavy atom. The highest BCUT2D eigenvalue weighted by Crippen LogP contribution is 2.32. The second kappa shape index (κ2) is 20.2. The van der Waals surface area contributed by atoms with E-state index >= 15 is 0 Å². The van der Waals surface area contributed by atoms with Gasteiger partial charge >= 0.3 is 12.2 Å². The molecule has 0 atom stereocenters. The molecule has 2 aromatic heterocycles. The number of ether oxygens (including phenoxy) is 3. The number of hydrogen-bond donors (Lipinski definition) is 2. The topological polar surface area (TPSA) is 164 Å². The molecule has 3 N–H and O–H groups in total. The molecule has 0 bridgehead atoms. The summed E-state index contributed by atoms with van der Waals surface area (Å²) in [5.41, 5.74) is 3.94. The summed E-state index contributed by atoms with van der Waals surface area (Å²) in [5.74, 6) is -0.959. The number of unbranched alkanes of at least 4 members (excludes halogenated alkanes) is 2. The summed E-state index contributed by atoms with van der Waals surface area (Å²) in [6.07, 6.45) is 3.59. The van der Waals surface area contributed by atoms with E-state index in [0.29, 0.717) is 12.1 Å². The fraction of sp³-hybridized carbons (Fsp3) is 0.424. The Morgan fingerprint density at radius 3 is 2.31 bits per heavy atom. The van der Waals surface area contributed by atoms with Crippen molar-refractivity contribution in [2.45, 2.75) is 58.6 Å². The molecule has 270 valence electrons. The van der Waals surface area contributed by atoms with Crippen molar-refractivity contribution in [3.63, 3.8) is 0 Å². The number of allylic oxidation sites excluding steroid dienone is 1. The van der Waals surface area contributed by atoms with E-state index in [-0.39, 0.29) is 40.4 Å². The standard InChI is InChI=1S/C22H24F3N3O4.C9H15NO2.C2H5NO2/c1-22(2,3)32-21(30)28-15(11-27-7-5-6-16(26-4)20(27)29)9-13-8-14(23)10-17(19(13)28)31-12-18(24)25;1-10(2)9(12)7-5-3-4-6-8-11;1-5-2(3)4/h5-10,18,26H,11-12H2,1-4H3;5,7-8H,3-4,6H2,1-2H3;1H3,(H2,3,4)/b;7-5+;. The number of fused-ring (bicyclic) bond motifs is 1. The predicted molar refractivity (Wildman–Crippen MR) is 179 cm³/mol. The van der Waals surface area contributed by atoms with Gasteiger partial charge < -0.3 is 39.5 Å². The molecule has 0 radical (unpaired) electrons. The monoisotopic (exact) mass is 695 g/mol. The number of aldehydes is 1. The first-order valence-electron chi connectivity index (χ1n) is 15.0. The summed E-state index contributed by atoms with van der Waals surface area (Å²) in [6.45, 7) is 3.98. The molecule has 49 heavy (non-hydrogen) atoms. The lowest BCUT2D eigenvalue weighted by Crippen LogP contribution is -2.29. The third-order valence-corrected chi connectivity index (χ3v) is 6.06. The Kier molecular flexibility index (Phi) is 17.2. The Hall–Kier alpha value is -5.28. The van der Waals surface area contributed by atoms with Crippen LogP contribution >= 0.6 is 0 Å². The molecule has 0 saturated heterocycles. The van der Waals surface area contributed by atoms with Crippen LogP contribution in [0.2, 0.25) is 0 Å². The number of alkyl halides is 2. The number of pyridine rings is 1. The van der Waals surface area contributed by atoms with Gasteiger partial charge in [-0.25, -0.2) is 27.3 Å². The van der Waals surface area contributed by atoms with Crippen molar-refractivity contribution in [1.82, 2.24) is 14.0 Å². The predicted octanol–water partition coefficient (Wildman–Crippen LogP) is 5.17. The Balaban J connectivity index is 0.000000585. The smallest absolute Gasteiger partial charge is 0.419 e. The zero-order valence-corrected chi connectivity index (χ0v) is 28.6. The normalized spacial score (nSPS) is 10.8. The van der Waals surface area contributed by atoms with Crippen molar-refractivity contribution >= 4 is 41.0 Å². The SMILES string of the molecule is CN(C)C(=O)/C=C/CCCC=O.CNc1cccn(Cc2cc3cc(F)cc(OCC(F)F)c3n2C(=O)OC(C)(C)C)c1=O.COC(N)=O. The second-order valence-corrected chi connectivity index (χ2v) is 11.4. The van der Waals surface area contributed by atoms with Crippen molar-refractivity contribution in [3.8, 4) is 5.75 Å². The van der Waals surface area contributed by atoms with Gasteiger partial charge in [0.15, 0.2) is 0 Å². The number of amides is 2. The molecule has 0 aliphatic carbocycles. The average molecular weight is 696 g/mol. The quantitative estimate of drug-likeness (QED) is 0.156. The van der Waals surface area contributed by atoms with Crippen molar-refractivity contribution < 1.29 is 46.6 Å². The molecule has 0 aliphatic rings. The molecule has 0 saturated carbocycles. The van der Waals surface area contributed by atoms with Gasteiger partial charge in [0.1, 0.15) is 41.3 Å². The van der Waals surface area contributed by atoms with Gasteiger partial charge in [-0.3, -0.25) is 9.59 Å². The number of methoxy groups -OCH3 is 1. The summed E-state index contributed by atoms with van der Waals surface area (Å²) in [4.78, 5) is 57.4. The molecule has 1 aromatic carbocycles. The molecule has 0 spiro atoms. The van der Waals surface area contributed by atoms with E-state index in [9.17, 15) is 37.1 Å². The largest absolute Gasteiger partial charge is 0.485 e. The molecule has 0 fully saturated rings. The van der Waals surface area contributed by atoms with E-state index in [1.165, 1.54) is 34.9 Å². The maximum Gasteiger partial charge on any atom is 0.419 e. The van der Waals surface area contributed by atoms with Gasteiger partial charge in [-0.15, -0.1) is 0 Å². The lowest BCUT2D eigenvalue weighted by atomic mass is 10.2. The van der Waals surface area contributed by atoms with E-state index in [2.05, 4.69) is 15.8 Å². The third-order valence-electron chi connectivity index (χ3n) is 6.06. The highest BCUT2D eigenvalue weighted by Gasteiger charge is 2.25. The van der Waals surface area contributed by atoms with Crippen LogP contribution in [0.1, 0.15) is 45.7 Å². The first-order valence-corrected chi connectivity index (χ1v) is 15.0. The molecule has 3 rings (SSSR count). The number of halogens is 3. The van der Waals surface area contributed by atoms with Crippen LogP contribution in [0.4, 0.5) is 28.4 Å². The van der Waals surface area contributed by atoms with Crippen LogP contribution in [-0.4, -0.2) is 85.3 Å². The van der Waals surface area contributed by atoms with Crippen LogP contribution in [0.5, 0.6) is 5.75 Å². The molecule has 2 heterocycles. The number of nitrogens with one attached hydrogen (secondary N) is 1. The third kappa shape index (κ3) is 14.6. The molecule has 0 unspecified atom stereocenters. The fourth-order valence-corrected chi connectivity index (χ4v) is 3.91. The van der Waals surface area contributed by atoms with E-state index in [4.69, 9.17) is 9.47 Å². The van der Waals surface area contributed by atoms with Gasteiger partial charge in [0.25, 0.3) is 12.0 Å². The van der Waals surface area contributed by atoms with Crippen LogP contribution < -0.4 is 21.3 Å². The summed E-state index contributed by atoms with van der Waals surface area (Å²) < 4.78 is 56.6. The highest BCUT2D eigenvalue weighted by atomic mass is 19.3. The lowest BCUT2D eigenvalue weighted by molar-refractivity contribution is -0.123. The molecular formula is C33H44F3N5O8. The zero-order valence-electron chi connectivity index (χ0n) is 28.6.